The molecule has 0 bridgehead atoms. The van der Waals surface area contributed by atoms with Crippen molar-refractivity contribution in [2.75, 3.05) is 12.4 Å². The monoisotopic (exact) mass is 352 g/mol. The number of anilines is 1. The van der Waals surface area contributed by atoms with Crippen molar-refractivity contribution >= 4 is 40.8 Å². The number of para-hydroxylation sites is 1. The number of aryl methyl sites for hydroxylation is 1. The van der Waals surface area contributed by atoms with Crippen molar-refractivity contribution in [3.63, 3.8) is 0 Å². The number of pyridine rings is 1. The number of carbonyl (C=O) groups is 2. The summed E-state index contributed by atoms with van der Waals surface area (Å²) >= 11 is 12.2. The lowest BCUT2D eigenvalue weighted by atomic mass is 10.1. The maximum atomic E-state index is 12.5. The van der Waals surface area contributed by atoms with Crippen LogP contribution in [0.3, 0.4) is 0 Å². The van der Waals surface area contributed by atoms with Gasteiger partial charge in [-0.2, -0.15) is 0 Å². The zero-order valence-electron chi connectivity index (χ0n) is 12.7. The molecule has 1 heterocycles. The second-order valence-corrected chi connectivity index (χ2v) is 5.53. The van der Waals surface area contributed by atoms with Crippen LogP contribution in [0.5, 0.6) is 0 Å². The van der Waals surface area contributed by atoms with Crippen molar-refractivity contribution < 1.29 is 14.3 Å². The molecular weight excluding hydrogens is 339 g/mol. The molecule has 1 aromatic carbocycles. The summed E-state index contributed by atoms with van der Waals surface area (Å²) in [5.41, 5.74) is 1.79. The SMILES string of the molecule is COC(=O)c1ccccc1NC(=O)c1c(Cl)nc(C)c(Cl)c1C. The lowest BCUT2D eigenvalue weighted by molar-refractivity contribution is 0.0602. The van der Waals surface area contributed by atoms with Gasteiger partial charge in [-0.15, -0.1) is 0 Å². The summed E-state index contributed by atoms with van der Waals surface area (Å²) in [6.07, 6.45) is 0. The predicted octanol–water partition coefficient (Wildman–Crippen LogP) is 4.04. The van der Waals surface area contributed by atoms with E-state index in [0.29, 0.717) is 22.0 Å². The van der Waals surface area contributed by atoms with Crippen LogP contribution >= 0.6 is 23.2 Å². The van der Waals surface area contributed by atoms with Gasteiger partial charge >= 0.3 is 5.97 Å². The third-order valence-electron chi connectivity index (χ3n) is 3.30. The van der Waals surface area contributed by atoms with Crippen LogP contribution in [0.4, 0.5) is 5.69 Å². The topological polar surface area (TPSA) is 68.3 Å². The molecule has 0 saturated carbocycles. The van der Waals surface area contributed by atoms with E-state index < -0.39 is 11.9 Å². The summed E-state index contributed by atoms with van der Waals surface area (Å²) in [6, 6.07) is 6.51. The van der Waals surface area contributed by atoms with Gasteiger partial charge in [0.15, 0.2) is 0 Å². The van der Waals surface area contributed by atoms with E-state index in [2.05, 4.69) is 10.3 Å². The van der Waals surface area contributed by atoms with E-state index in [1.165, 1.54) is 7.11 Å². The van der Waals surface area contributed by atoms with Gasteiger partial charge in [-0.25, -0.2) is 9.78 Å². The Labute approximate surface area is 143 Å². The lowest BCUT2D eigenvalue weighted by Gasteiger charge is -2.13. The van der Waals surface area contributed by atoms with Crippen molar-refractivity contribution in [2.45, 2.75) is 13.8 Å². The first-order chi connectivity index (χ1) is 10.9. The molecule has 120 valence electrons. The number of nitrogens with zero attached hydrogens (tertiary/aromatic N) is 1. The number of carbonyl (C=O) groups excluding carboxylic acids is 2. The molecule has 0 aliphatic carbocycles. The fourth-order valence-electron chi connectivity index (χ4n) is 2.12. The summed E-state index contributed by atoms with van der Waals surface area (Å²) in [7, 11) is 1.27. The Hall–Kier alpha value is -2.11. The Balaban J connectivity index is 2.42. The van der Waals surface area contributed by atoms with Crippen LogP contribution in [0, 0.1) is 13.8 Å². The minimum absolute atomic E-state index is 0.0532. The molecule has 5 nitrogen and oxygen atoms in total. The molecule has 0 unspecified atom stereocenters. The number of halogens is 2. The molecule has 0 fully saturated rings. The number of ether oxygens (including phenoxy) is 1. The molecule has 2 aromatic rings. The molecule has 0 radical (unpaired) electrons. The third kappa shape index (κ3) is 3.46. The predicted molar refractivity (Wildman–Crippen MR) is 89.5 cm³/mol. The van der Waals surface area contributed by atoms with Gasteiger partial charge < -0.3 is 10.1 Å². The van der Waals surface area contributed by atoms with E-state index in [9.17, 15) is 9.59 Å². The van der Waals surface area contributed by atoms with E-state index in [0.717, 1.165) is 0 Å². The number of methoxy groups -OCH3 is 1. The average molecular weight is 353 g/mol. The van der Waals surface area contributed by atoms with Gasteiger partial charge in [-0.3, -0.25) is 4.79 Å². The Morgan fingerprint density at radius 2 is 1.83 bits per heavy atom. The number of nitrogens with one attached hydrogen (secondary N) is 1. The fourth-order valence-corrected chi connectivity index (χ4v) is 2.61. The maximum absolute atomic E-state index is 12.5. The van der Waals surface area contributed by atoms with Crippen molar-refractivity contribution in [3.05, 3.63) is 56.8 Å². The highest BCUT2D eigenvalue weighted by molar-refractivity contribution is 6.36. The Kier molecular flexibility index (Phi) is 5.23. The molecule has 0 aliphatic heterocycles. The van der Waals surface area contributed by atoms with E-state index in [4.69, 9.17) is 27.9 Å². The highest BCUT2D eigenvalue weighted by atomic mass is 35.5. The first-order valence-electron chi connectivity index (χ1n) is 6.67. The Morgan fingerprint density at radius 1 is 1.17 bits per heavy atom. The van der Waals surface area contributed by atoms with Crippen molar-refractivity contribution in [2.24, 2.45) is 0 Å². The van der Waals surface area contributed by atoms with Crippen LogP contribution in [0.15, 0.2) is 24.3 Å². The van der Waals surface area contributed by atoms with Gasteiger partial charge in [0, 0.05) is 0 Å². The molecule has 2 rings (SSSR count). The fraction of sp³-hybridized carbons (Fsp3) is 0.188. The minimum atomic E-state index is -0.552. The molecular formula is C16H14Cl2N2O3. The van der Waals surface area contributed by atoms with Crippen LogP contribution in [-0.2, 0) is 4.74 Å². The molecule has 0 spiro atoms. The smallest absolute Gasteiger partial charge is 0.339 e. The summed E-state index contributed by atoms with van der Waals surface area (Å²) in [4.78, 5) is 28.3. The van der Waals surface area contributed by atoms with Crippen LogP contribution in [-0.4, -0.2) is 24.0 Å². The number of rotatable bonds is 3. The standard InChI is InChI=1S/C16H14Cl2N2O3/c1-8-12(14(18)19-9(2)13(8)17)15(21)20-11-7-5-4-6-10(11)16(22)23-3/h4-7H,1-3H3,(H,20,21). The number of esters is 1. The van der Waals surface area contributed by atoms with Gasteiger partial charge in [0.25, 0.3) is 5.91 Å². The number of hydrogen-bond acceptors (Lipinski definition) is 4. The number of amides is 1. The quantitative estimate of drug-likeness (QED) is 0.668. The summed E-state index contributed by atoms with van der Waals surface area (Å²) in [6.45, 7) is 3.39. The molecule has 0 saturated heterocycles. The van der Waals surface area contributed by atoms with Crippen LogP contribution < -0.4 is 5.32 Å². The molecule has 1 aromatic heterocycles. The van der Waals surface area contributed by atoms with Crippen molar-refractivity contribution in [1.29, 1.82) is 0 Å². The van der Waals surface area contributed by atoms with Crippen molar-refractivity contribution in [3.8, 4) is 0 Å². The van der Waals surface area contributed by atoms with Crippen LogP contribution in [0.25, 0.3) is 0 Å². The summed E-state index contributed by atoms with van der Waals surface area (Å²) in [5.74, 6) is -1.05. The third-order valence-corrected chi connectivity index (χ3v) is 4.13. The average Bonchev–Trinajstić information content (AvgIpc) is 2.52. The van der Waals surface area contributed by atoms with Crippen molar-refractivity contribution in [1.82, 2.24) is 4.98 Å². The van der Waals surface area contributed by atoms with Crippen LogP contribution in [0.1, 0.15) is 32.0 Å². The maximum Gasteiger partial charge on any atom is 0.339 e. The van der Waals surface area contributed by atoms with Gasteiger partial charge in [0.1, 0.15) is 5.15 Å². The minimum Gasteiger partial charge on any atom is -0.465 e. The number of hydrogen-bond donors (Lipinski definition) is 1. The van der Waals surface area contributed by atoms with E-state index in [-0.39, 0.29) is 16.3 Å². The normalized spacial score (nSPS) is 10.3. The molecule has 1 amide bonds. The number of benzene rings is 1. The lowest BCUT2D eigenvalue weighted by Crippen LogP contribution is -2.18. The van der Waals surface area contributed by atoms with Gasteiger partial charge in [-0.1, -0.05) is 35.3 Å². The first kappa shape index (κ1) is 17.2. The Morgan fingerprint density at radius 3 is 2.48 bits per heavy atom. The Bertz CT molecular complexity index is 791. The number of aromatic nitrogens is 1. The molecule has 0 aliphatic rings. The highest BCUT2D eigenvalue weighted by Crippen LogP contribution is 2.28. The molecule has 0 atom stereocenters. The zero-order chi connectivity index (χ0) is 17.1. The van der Waals surface area contributed by atoms with E-state index in [1.807, 2.05) is 0 Å². The van der Waals surface area contributed by atoms with Gasteiger partial charge in [0.05, 0.1) is 34.6 Å². The molecule has 23 heavy (non-hydrogen) atoms. The van der Waals surface area contributed by atoms with E-state index in [1.54, 1.807) is 38.1 Å². The largest absolute Gasteiger partial charge is 0.465 e. The summed E-state index contributed by atoms with van der Waals surface area (Å²) in [5, 5.41) is 3.08. The van der Waals surface area contributed by atoms with E-state index >= 15 is 0 Å². The zero-order valence-corrected chi connectivity index (χ0v) is 14.2. The second kappa shape index (κ2) is 6.98. The highest BCUT2D eigenvalue weighted by Gasteiger charge is 2.21. The van der Waals surface area contributed by atoms with Crippen LogP contribution in [0.2, 0.25) is 10.2 Å². The second-order valence-electron chi connectivity index (χ2n) is 4.79. The first-order valence-corrected chi connectivity index (χ1v) is 7.43. The molecule has 1 N–H and O–H groups in total. The van der Waals surface area contributed by atoms with Gasteiger partial charge in [0.2, 0.25) is 0 Å². The van der Waals surface area contributed by atoms with Gasteiger partial charge in [-0.05, 0) is 31.5 Å². The molecule has 7 heteroatoms. The summed E-state index contributed by atoms with van der Waals surface area (Å²) < 4.78 is 4.70.